The van der Waals surface area contributed by atoms with Crippen LogP contribution in [-0.4, -0.2) is 27.5 Å². The summed E-state index contributed by atoms with van der Waals surface area (Å²) in [7, 11) is 0. The summed E-state index contributed by atoms with van der Waals surface area (Å²) < 4.78 is 1.31. The van der Waals surface area contributed by atoms with Crippen LogP contribution in [0.4, 0.5) is 5.69 Å². The van der Waals surface area contributed by atoms with E-state index >= 15 is 0 Å². The van der Waals surface area contributed by atoms with E-state index in [1.165, 1.54) is 15.9 Å². The first kappa shape index (κ1) is 19.7. The van der Waals surface area contributed by atoms with Gasteiger partial charge in [0, 0.05) is 12.6 Å². The number of aromatic nitrogens is 2. The first-order valence-electron chi connectivity index (χ1n) is 10.0. The third kappa shape index (κ3) is 3.54. The number of amides is 1. The molecule has 0 N–H and O–H groups in total. The summed E-state index contributed by atoms with van der Waals surface area (Å²) in [6, 6.07) is 14.8. The van der Waals surface area contributed by atoms with Crippen LogP contribution in [0.15, 0.2) is 63.5 Å². The van der Waals surface area contributed by atoms with Crippen LogP contribution in [-0.2, 0) is 11.2 Å². The van der Waals surface area contributed by atoms with Crippen LogP contribution in [0.3, 0.4) is 0 Å². The molecule has 2 heterocycles. The molecule has 2 aromatic carbocycles. The molecule has 0 aliphatic carbocycles. The number of carbonyl (C=O) groups excluding carboxylic acids is 1. The Bertz CT molecular complexity index is 1220. The summed E-state index contributed by atoms with van der Waals surface area (Å²) in [5.74, 6) is -0.244. The van der Waals surface area contributed by atoms with Gasteiger partial charge < -0.3 is 0 Å². The second-order valence-electron chi connectivity index (χ2n) is 7.38. The molecule has 1 atom stereocenters. The number of rotatable bonds is 5. The summed E-state index contributed by atoms with van der Waals surface area (Å²) >= 11 is 0. The van der Waals surface area contributed by atoms with Gasteiger partial charge in [0.1, 0.15) is 11.7 Å². The highest BCUT2D eigenvalue weighted by Gasteiger charge is 2.33. The van der Waals surface area contributed by atoms with Gasteiger partial charge in [0.25, 0.3) is 11.5 Å². The molecule has 1 amide bonds. The van der Waals surface area contributed by atoms with E-state index in [0.29, 0.717) is 34.5 Å². The third-order valence-corrected chi connectivity index (χ3v) is 5.09. The van der Waals surface area contributed by atoms with Gasteiger partial charge in [-0.25, -0.2) is 4.98 Å². The quantitative estimate of drug-likeness (QED) is 0.614. The predicted octanol–water partition coefficient (Wildman–Crippen LogP) is 3.53. The minimum atomic E-state index is -0.626. The number of fused-ring (bicyclic) bond motifs is 1. The van der Waals surface area contributed by atoms with E-state index in [1.807, 2.05) is 50.2 Å². The van der Waals surface area contributed by atoms with Gasteiger partial charge >= 0.3 is 0 Å². The molecular weight excluding hydrogens is 378 g/mol. The van der Waals surface area contributed by atoms with Crippen LogP contribution in [0, 0.1) is 12.8 Å². The lowest BCUT2D eigenvalue weighted by Gasteiger charge is -2.13. The van der Waals surface area contributed by atoms with E-state index in [1.54, 1.807) is 19.1 Å². The van der Waals surface area contributed by atoms with Crippen LogP contribution in [0.5, 0.6) is 0 Å². The maximum absolute atomic E-state index is 13.0. The molecule has 0 saturated heterocycles. The van der Waals surface area contributed by atoms with Crippen molar-refractivity contribution in [3.8, 4) is 0 Å². The first-order chi connectivity index (χ1) is 14.5. The predicted molar refractivity (Wildman–Crippen MR) is 119 cm³/mol. The Kier molecular flexibility index (Phi) is 5.27. The van der Waals surface area contributed by atoms with E-state index in [4.69, 9.17) is 0 Å². The van der Waals surface area contributed by atoms with Gasteiger partial charge in [-0.1, -0.05) is 36.8 Å². The standard InChI is InChI=1S/C23H23N5O2/c1-4-7-21-25-20-9-6-5-8-18(20)22(29)28(21)24-14-19-16(3)26-27(23(19)30)17-12-10-15(2)11-13-17/h5-6,8-14,19H,4,7H2,1-3H3/b24-14+. The fourth-order valence-corrected chi connectivity index (χ4v) is 3.43. The summed E-state index contributed by atoms with van der Waals surface area (Å²) in [5.41, 5.74) is 2.85. The van der Waals surface area contributed by atoms with Crippen molar-refractivity contribution in [2.24, 2.45) is 16.1 Å². The van der Waals surface area contributed by atoms with E-state index in [-0.39, 0.29) is 11.5 Å². The van der Waals surface area contributed by atoms with Crippen LogP contribution >= 0.6 is 0 Å². The largest absolute Gasteiger partial charge is 0.282 e. The van der Waals surface area contributed by atoms with Crippen molar-refractivity contribution in [2.75, 3.05) is 5.01 Å². The maximum Gasteiger partial charge on any atom is 0.282 e. The molecule has 0 fully saturated rings. The molecule has 0 bridgehead atoms. The molecule has 7 nitrogen and oxygen atoms in total. The SMILES string of the molecule is CCCc1nc2ccccc2c(=O)n1/N=C/C1C(=O)N(c2ccc(C)cc2)N=C1C. The Morgan fingerprint density at radius 1 is 1.07 bits per heavy atom. The fourth-order valence-electron chi connectivity index (χ4n) is 3.43. The number of hydrogen-bond donors (Lipinski definition) is 0. The highest BCUT2D eigenvalue weighted by Crippen LogP contribution is 2.23. The molecule has 4 rings (SSSR count). The number of anilines is 1. The summed E-state index contributed by atoms with van der Waals surface area (Å²) in [5, 5.41) is 10.7. The van der Waals surface area contributed by atoms with E-state index in [9.17, 15) is 9.59 Å². The average Bonchev–Trinajstić information content (AvgIpc) is 3.02. The Morgan fingerprint density at radius 2 is 1.80 bits per heavy atom. The van der Waals surface area contributed by atoms with Gasteiger partial charge in [-0.2, -0.15) is 19.9 Å². The summed E-state index contributed by atoms with van der Waals surface area (Å²) in [6.07, 6.45) is 2.93. The lowest BCUT2D eigenvalue weighted by atomic mass is 10.1. The highest BCUT2D eigenvalue weighted by molar-refractivity contribution is 6.23. The molecule has 1 aromatic heterocycles. The molecule has 0 radical (unpaired) electrons. The van der Waals surface area contributed by atoms with Gasteiger partial charge in [0.15, 0.2) is 0 Å². The van der Waals surface area contributed by atoms with Crippen LogP contribution in [0.2, 0.25) is 0 Å². The Labute approximate surface area is 174 Å². The van der Waals surface area contributed by atoms with Crippen molar-refractivity contribution < 1.29 is 4.79 Å². The van der Waals surface area contributed by atoms with E-state index in [0.717, 1.165) is 12.0 Å². The zero-order valence-corrected chi connectivity index (χ0v) is 17.2. The van der Waals surface area contributed by atoms with Crippen LogP contribution < -0.4 is 10.6 Å². The zero-order valence-electron chi connectivity index (χ0n) is 17.2. The van der Waals surface area contributed by atoms with Crippen LogP contribution in [0.1, 0.15) is 31.7 Å². The second-order valence-corrected chi connectivity index (χ2v) is 7.38. The lowest BCUT2D eigenvalue weighted by Crippen LogP contribution is -2.29. The molecule has 152 valence electrons. The molecule has 3 aromatic rings. The number of para-hydroxylation sites is 1. The number of hydrazone groups is 1. The Morgan fingerprint density at radius 3 is 2.53 bits per heavy atom. The maximum atomic E-state index is 13.0. The molecule has 1 aliphatic heterocycles. The van der Waals surface area contributed by atoms with E-state index < -0.39 is 5.92 Å². The summed E-state index contributed by atoms with van der Waals surface area (Å²) in [4.78, 5) is 30.5. The van der Waals surface area contributed by atoms with Crippen molar-refractivity contribution >= 4 is 34.4 Å². The van der Waals surface area contributed by atoms with Crippen molar-refractivity contribution in [1.82, 2.24) is 9.66 Å². The topological polar surface area (TPSA) is 79.9 Å². The monoisotopic (exact) mass is 401 g/mol. The van der Waals surface area contributed by atoms with Crippen LogP contribution in [0.25, 0.3) is 10.9 Å². The minimum Gasteiger partial charge on any atom is -0.271 e. The van der Waals surface area contributed by atoms with Crippen molar-refractivity contribution in [2.45, 2.75) is 33.6 Å². The zero-order chi connectivity index (χ0) is 21.3. The highest BCUT2D eigenvalue weighted by atomic mass is 16.2. The molecule has 0 saturated carbocycles. The molecule has 1 aliphatic rings. The number of nitrogens with zero attached hydrogens (tertiary/aromatic N) is 5. The van der Waals surface area contributed by atoms with Gasteiger partial charge in [0.2, 0.25) is 0 Å². The molecule has 30 heavy (non-hydrogen) atoms. The normalized spacial score (nSPS) is 16.6. The van der Waals surface area contributed by atoms with Gasteiger partial charge in [0.05, 0.1) is 22.3 Å². The molecule has 1 unspecified atom stereocenters. The number of hydrogen-bond acceptors (Lipinski definition) is 5. The number of aryl methyl sites for hydroxylation is 2. The van der Waals surface area contributed by atoms with Gasteiger partial charge in [-0.05, 0) is 44.5 Å². The fraction of sp³-hybridized carbons (Fsp3) is 0.261. The Hall–Kier alpha value is -3.61. The second kappa shape index (κ2) is 8.02. The number of carbonyl (C=O) groups is 1. The molecule has 7 heteroatoms. The molecular formula is C23H23N5O2. The van der Waals surface area contributed by atoms with Gasteiger partial charge in [-0.15, -0.1) is 0 Å². The Balaban J connectivity index is 1.69. The van der Waals surface area contributed by atoms with Crippen molar-refractivity contribution in [3.05, 3.63) is 70.3 Å². The van der Waals surface area contributed by atoms with Crippen molar-refractivity contribution in [1.29, 1.82) is 0 Å². The summed E-state index contributed by atoms with van der Waals surface area (Å²) in [6.45, 7) is 5.80. The smallest absolute Gasteiger partial charge is 0.271 e. The number of benzene rings is 2. The van der Waals surface area contributed by atoms with Crippen molar-refractivity contribution in [3.63, 3.8) is 0 Å². The van der Waals surface area contributed by atoms with Gasteiger partial charge in [-0.3, -0.25) is 9.59 Å². The lowest BCUT2D eigenvalue weighted by molar-refractivity contribution is -0.118. The third-order valence-electron chi connectivity index (χ3n) is 5.09. The van der Waals surface area contributed by atoms with E-state index in [2.05, 4.69) is 15.2 Å². The minimum absolute atomic E-state index is 0.195. The average molecular weight is 401 g/mol. The first-order valence-corrected chi connectivity index (χ1v) is 10.0. The molecule has 0 spiro atoms.